The van der Waals surface area contributed by atoms with Gasteiger partial charge in [0, 0.05) is 19.6 Å². The summed E-state index contributed by atoms with van der Waals surface area (Å²) in [6.45, 7) is 9.64. The maximum absolute atomic E-state index is 12.8. The highest BCUT2D eigenvalue weighted by Gasteiger charge is 2.33. The Morgan fingerprint density at radius 3 is 2.58 bits per heavy atom. The molecule has 6 heteroatoms. The minimum atomic E-state index is -3.40. The summed E-state index contributed by atoms with van der Waals surface area (Å²) >= 11 is 0. The first kappa shape index (κ1) is 14.5. The molecule has 2 heterocycles. The number of aryl methyl sites for hydroxylation is 2. The Bertz CT molecular complexity index is 563. The highest BCUT2D eigenvalue weighted by molar-refractivity contribution is 7.89. The SMILES string of the molecule is CCn1nc(C)c(S(=O)(=O)N2CCCC(C)C2)c1C. The van der Waals surface area contributed by atoms with Gasteiger partial charge in [-0.3, -0.25) is 4.68 Å². The number of hydrogen-bond donors (Lipinski definition) is 0. The fraction of sp³-hybridized carbons (Fsp3) is 0.769. The average Bonchev–Trinajstić information content (AvgIpc) is 2.64. The van der Waals surface area contributed by atoms with Gasteiger partial charge in [-0.15, -0.1) is 0 Å². The standard InChI is InChI=1S/C13H23N3O2S/c1-5-16-12(4)13(11(3)14-16)19(17,18)15-8-6-7-10(2)9-15/h10H,5-9H2,1-4H3. The maximum atomic E-state index is 12.8. The van der Waals surface area contributed by atoms with Crippen LogP contribution in [-0.4, -0.2) is 35.6 Å². The number of piperidine rings is 1. The molecule has 0 aromatic carbocycles. The molecule has 1 fully saturated rings. The van der Waals surface area contributed by atoms with Crippen molar-refractivity contribution in [2.24, 2.45) is 5.92 Å². The summed E-state index contributed by atoms with van der Waals surface area (Å²) in [6, 6.07) is 0. The van der Waals surface area contributed by atoms with Crippen LogP contribution >= 0.6 is 0 Å². The average molecular weight is 285 g/mol. The third-order valence-electron chi connectivity index (χ3n) is 3.83. The first-order valence-electron chi connectivity index (χ1n) is 6.92. The Balaban J connectivity index is 2.42. The molecule has 1 aliphatic rings. The lowest BCUT2D eigenvalue weighted by molar-refractivity contribution is 0.281. The van der Waals surface area contributed by atoms with E-state index in [0.717, 1.165) is 18.5 Å². The van der Waals surface area contributed by atoms with Crippen LogP contribution < -0.4 is 0 Å². The molecule has 1 aliphatic heterocycles. The van der Waals surface area contributed by atoms with E-state index in [2.05, 4.69) is 12.0 Å². The van der Waals surface area contributed by atoms with Crippen molar-refractivity contribution in [2.45, 2.75) is 52.0 Å². The van der Waals surface area contributed by atoms with E-state index in [4.69, 9.17) is 0 Å². The fourth-order valence-corrected chi connectivity index (χ4v) is 4.83. The third kappa shape index (κ3) is 2.56. The second kappa shape index (κ2) is 5.25. The van der Waals surface area contributed by atoms with Gasteiger partial charge >= 0.3 is 0 Å². The molecule has 0 radical (unpaired) electrons. The van der Waals surface area contributed by atoms with Gasteiger partial charge in [0.1, 0.15) is 4.90 Å². The van der Waals surface area contributed by atoms with Gasteiger partial charge < -0.3 is 0 Å². The zero-order chi connectivity index (χ0) is 14.2. The van der Waals surface area contributed by atoms with E-state index in [1.807, 2.05) is 13.8 Å². The van der Waals surface area contributed by atoms with Gasteiger partial charge in [-0.05, 0) is 39.5 Å². The van der Waals surface area contributed by atoms with Crippen molar-refractivity contribution in [3.05, 3.63) is 11.4 Å². The molecule has 1 saturated heterocycles. The molecule has 1 aromatic heterocycles. The lowest BCUT2D eigenvalue weighted by Crippen LogP contribution is -2.39. The highest BCUT2D eigenvalue weighted by Crippen LogP contribution is 2.27. The van der Waals surface area contributed by atoms with Crippen molar-refractivity contribution in [3.8, 4) is 0 Å². The van der Waals surface area contributed by atoms with Crippen molar-refractivity contribution in [1.29, 1.82) is 0 Å². The predicted octanol–water partition coefficient (Wildman–Crippen LogP) is 1.94. The van der Waals surface area contributed by atoms with E-state index in [9.17, 15) is 8.42 Å². The number of aromatic nitrogens is 2. The topological polar surface area (TPSA) is 55.2 Å². The van der Waals surface area contributed by atoms with Gasteiger partial charge in [0.2, 0.25) is 10.0 Å². The smallest absolute Gasteiger partial charge is 0.246 e. The second-order valence-electron chi connectivity index (χ2n) is 5.43. The van der Waals surface area contributed by atoms with E-state index in [1.54, 1.807) is 15.9 Å². The summed E-state index contributed by atoms with van der Waals surface area (Å²) in [5.41, 5.74) is 1.36. The molecule has 0 amide bonds. The van der Waals surface area contributed by atoms with E-state index in [1.165, 1.54) is 0 Å². The Labute approximate surface area is 115 Å². The molecule has 0 spiro atoms. The summed E-state index contributed by atoms with van der Waals surface area (Å²) < 4.78 is 28.9. The minimum absolute atomic E-state index is 0.406. The van der Waals surface area contributed by atoms with Crippen LogP contribution in [0.1, 0.15) is 38.1 Å². The molecule has 108 valence electrons. The molecule has 5 nitrogen and oxygen atoms in total. The molecule has 0 bridgehead atoms. The van der Waals surface area contributed by atoms with Gasteiger partial charge in [0.15, 0.2) is 0 Å². The van der Waals surface area contributed by atoms with Crippen LogP contribution in [0.3, 0.4) is 0 Å². The zero-order valence-corrected chi connectivity index (χ0v) is 13.0. The highest BCUT2D eigenvalue weighted by atomic mass is 32.2. The monoisotopic (exact) mass is 285 g/mol. The van der Waals surface area contributed by atoms with Crippen molar-refractivity contribution in [2.75, 3.05) is 13.1 Å². The fourth-order valence-electron chi connectivity index (χ4n) is 2.86. The predicted molar refractivity (Wildman–Crippen MR) is 74.5 cm³/mol. The van der Waals surface area contributed by atoms with Gasteiger partial charge in [-0.2, -0.15) is 9.40 Å². The summed E-state index contributed by atoms with van der Waals surface area (Å²) in [4.78, 5) is 0.406. The first-order chi connectivity index (χ1) is 8.87. The number of nitrogens with zero attached hydrogens (tertiary/aromatic N) is 3. The molecular weight excluding hydrogens is 262 g/mol. The van der Waals surface area contributed by atoms with E-state index in [-0.39, 0.29) is 0 Å². The van der Waals surface area contributed by atoms with E-state index >= 15 is 0 Å². The van der Waals surface area contributed by atoms with Crippen LogP contribution in [0.2, 0.25) is 0 Å². The molecule has 0 saturated carbocycles. The second-order valence-corrected chi connectivity index (χ2v) is 7.30. The summed E-state index contributed by atoms with van der Waals surface area (Å²) in [6.07, 6.45) is 2.05. The molecule has 2 rings (SSSR count). The molecular formula is C13H23N3O2S. The normalized spacial score (nSPS) is 21.8. The van der Waals surface area contributed by atoms with Gasteiger partial charge in [0.05, 0.1) is 11.4 Å². The number of rotatable bonds is 3. The summed E-state index contributed by atoms with van der Waals surface area (Å²) in [7, 11) is -3.40. The van der Waals surface area contributed by atoms with Gasteiger partial charge in [0.25, 0.3) is 0 Å². The van der Waals surface area contributed by atoms with Crippen molar-refractivity contribution < 1.29 is 8.42 Å². The maximum Gasteiger partial charge on any atom is 0.246 e. The third-order valence-corrected chi connectivity index (χ3v) is 5.95. The molecule has 1 aromatic rings. The van der Waals surface area contributed by atoms with Crippen LogP contribution in [-0.2, 0) is 16.6 Å². The molecule has 1 atom stereocenters. The number of hydrogen-bond acceptors (Lipinski definition) is 3. The van der Waals surface area contributed by atoms with Crippen molar-refractivity contribution in [1.82, 2.24) is 14.1 Å². The van der Waals surface area contributed by atoms with Gasteiger partial charge in [-0.1, -0.05) is 6.92 Å². The summed E-state index contributed by atoms with van der Waals surface area (Å²) in [5.74, 6) is 0.436. The Morgan fingerprint density at radius 1 is 1.37 bits per heavy atom. The molecule has 19 heavy (non-hydrogen) atoms. The van der Waals surface area contributed by atoms with Crippen LogP contribution in [0, 0.1) is 19.8 Å². The van der Waals surface area contributed by atoms with Crippen LogP contribution in [0.15, 0.2) is 4.90 Å². The van der Waals surface area contributed by atoms with E-state index < -0.39 is 10.0 Å². The zero-order valence-electron chi connectivity index (χ0n) is 12.2. The van der Waals surface area contributed by atoms with Gasteiger partial charge in [-0.25, -0.2) is 8.42 Å². The lowest BCUT2D eigenvalue weighted by atomic mass is 10.0. The van der Waals surface area contributed by atoms with Crippen LogP contribution in [0.5, 0.6) is 0 Å². The quantitative estimate of drug-likeness (QED) is 0.853. The molecule has 0 aliphatic carbocycles. The van der Waals surface area contributed by atoms with Crippen molar-refractivity contribution in [3.63, 3.8) is 0 Å². The largest absolute Gasteiger partial charge is 0.268 e. The number of sulfonamides is 1. The first-order valence-corrected chi connectivity index (χ1v) is 8.36. The Morgan fingerprint density at radius 2 is 2.05 bits per heavy atom. The van der Waals surface area contributed by atoms with Crippen LogP contribution in [0.25, 0.3) is 0 Å². The summed E-state index contributed by atoms with van der Waals surface area (Å²) in [5, 5.41) is 4.32. The van der Waals surface area contributed by atoms with Crippen molar-refractivity contribution >= 4 is 10.0 Å². The Hall–Kier alpha value is -0.880. The lowest BCUT2D eigenvalue weighted by Gasteiger charge is -2.30. The Kier molecular flexibility index (Phi) is 4.01. The molecule has 0 N–H and O–H groups in total. The molecule has 1 unspecified atom stereocenters. The van der Waals surface area contributed by atoms with E-state index in [0.29, 0.717) is 36.1 Å². The van der Waals surface area contributed by atoms with Crippen LogP contribution in [0.4, 0.5) is 0 Å². The minimum Gasteiger partial charge on any atom is -0.268 e.